The van der Waals surface area contributed by atoms with Gasteiger partial charge in [0.05, 0.1) is 11.1 Å². The van der Waals surface area contributed by atoms with Gasteiger partial charge < -0.3 is 9.47 Å². The summed E-state index contributed by atoms with van der Waals surface area (Å²) in [6, 6.07) is 20.8. The minimum atomic E-state index is -0.417. The van der Waals surface area contributed by atoms with E-state index in [1.807, 2.05) is 67.6 Å². The number of carbonyl (C=O) groups excluding carboxylic acids is 2. The van der Waals surface area contributed by atoms with Crippen molar-refractivity contribution in [1.82, 2.24) is 0 Å². The molecule has 0 spiro atoms. The van der Waals surface area contributed by atoms with Gasteiger partial charge in [0.25, 0.3) is 0 Å². The van der Waals surface area contributed by atoms with Crippen LogP contribution in [-0.4, -0.2) is 11.9 Å². The van der Waals surface area contributed by atoms with E-state index in [0.29, 0.717) is 33.1 Å². The molecule has 0 fully saturated rings. The number of rotatable bonds is 3. The molecule has 3 aromatic carbocycles. The lowest BCUT2D eigenvalue weighted by molar-refractivity contribution is -0.128. The first-order valence-electron chi connectivity index (χ1n) is 9.27. The van der Waals surface area contributed by atoms with Gasteiger partial charge in [0.15, 0.2) is 0 Å². The van der Waals surface area contributed by atoms with Gasteiger partial charge >= 0.3 is 11.9 Å². The summed E-state index contributed by atoms with van der Waals surface area (Å²) in [5.74, 6) is 0.0559. The Bertz CT molecular complexity index is 1330. The molecule has 0 aromatic heterocycles. The summed E-state index contributed by atoms with van der Waals surface area (Å²) >= 11 is 0. The Kier molecular flexibility index (Phi) is 3.91. The zero-order valence-corrected chi connectivity index (χ0v) is 15.6. The number of fused-ring (bicyclic) bond motifs is 2. The lowest BCUT2D eigenvalue weighted by atomic mass is 10.0. The first-order valence-corrected chi connectivity index (χ1v) is 9.27. The average molecular weight is 380 g/mol. The van der Waals surface area contributed by atoms with Crippen LogP contribution in [0.4, 0.5) is 0 Å². The van der Waals surface area contributed by atoms with Gasteiger partial charge in [0.2, 0.25) is 0 Å². The summed E-state index contributed by atoms with van der Waals surface area (Å²) in [5, 5.41) is 1.26. The Morgan fingerprint density at radius 3 is 2.24 bits per heavy atom. The van der Waals surface area contributed by atoms with Gasteiger partial charge in [-0.15, -0.1) is 0 Å². The number of hydrogen-bond donors (Lipinski definition) is 0. The normalized spacial score (nSPS) is 14.8. The maximum atomic E-state index is 12.5. The topological polar surface area (TPSA) is 52.6 Å². The molecule has 29 heavy (non-hydrogen) atoms. The van der Waals surface area contributed by atoms with Crippen LogP contribution in [0, 0.1) is 6.92 Å². The molecular weight excluding hydrogens is 364 g/mol. The van der Waals surface area contributed by atoms with Gasteiger partial charge in [0.1, 0.15) is 11.5 Å². The second kappa shape index (κ2) is 6.60. The van der Waals surface area contributed by atoms with Crippen molar-refractivity contribution in [3.8, 4) is 11.5 Å². The zero-order chi connectivity index (χ0) is 20.0. The van der Waals surface area contributed by atoms with Gasteiger partial charge in [0, 0.05) is 10.4 Å². The van der Waals surface area contributed by atoms with Gasteiger partial charge in [-0.2, -0.15) is 0 Å². The van der Waals surface area contributed by atoms with Crippen LogP contribution in [0.2, 0.25) is 0 Å². The quantitative estimate of drug-likeness (QED) is 0.518. The average Bonchev–Trinajstić information content (AvgIpc) is 3.19. The maximum Gasteiger partial charge on any atom is 0.344 e. The molecule has 0 atom stereocenters. The molecule has 4 heteroatoms. The number of esters is 2. The van der Waals surface area contributed by atoms with Crippen molar-refractivity contribution < 1.29 is 19.1 Å². The highest BCUT2D eigenvalue weighted by Crippen LogP contribution is 2.25. The Balaban J connectivity index is 1.68. The Labute approximate surface area is 167 Å². The minimum absolute atomic E-state index is 0.401. The molecular formula is C25H16O4. The van der Waals surface area contributed by atoms with E-state index in [4.69, 9.17) is 9.47 Å². The van der Waals surface area contributed by atoms with Gasteiger partial charge in [-0.05, 0) is 36.3 Å². The molecule has 0 N–H and O–H groups in total. The molecule has 0 unspecified atom stereocenters. The van der Waals surface area contributed by atoms with E-state index < -0.39 is 11.9 Å². The summed E-state index contributed by atoms with van der Waals surface area (Å²) in [7, 11) is 0. The van der Waals surface area contributed by atoms with Crippen molar-refractivity contribution in [2.45, 2.75) is 6.92 Å². The molecule has 0 bridgehead atoms. The third-order valence-corrected chi connectivity index (χ3v) is 5.02. The predicted molar refractivity (Wildman–Crippen MR) is 110 cm³/mol. The molecule has 5 rings (SSSR count). The monoisotopic (exact) mass is 380 g/mol. The Morgan fingerprint density at radius 1 is 0.724 bits per heavy atom. The fourth-order valence-electron chi connectivity index (χ4n) is 3.64. The second-order valence-electron chi connectivity index (χ2n) is 7.03. The fourth-order valence-corrected chi connectivity index (χ4v) is 3.64. The van der Waals surface area contributed by atoms with E-state index in [0.717, 1.165) is 16.7 Å². The molecule has 140 valence electrons. The number of aryl methyl sites for hydroxylation is 1. The standard InChI is InChI=1S/C25H16O4/c1-15-6-5-9-17(12-15)23-20-14-21-19(13-22(20)29-25(23)27)18(24(26)28-21)11-10-16-7-3-2-4-8-16/h2-14H,1H3. The number of hydrogen-bond acceptors (Lipinski definition) is 4. The van der Waals surface area contributed by atoms with Gasteiger partial charge in [-0.25, -0.2) is 9.59 Å². The van der Waals surface area contributed by atoms with E-state index in [2.05, 4.69) is 0 Å². The number of benzene rings is 3. The third-order valence-electron chi connectivity index (χ3n) is 5.02. The molecule has 0 saturated heterocycles. The van der Waals surface area contributed by atoms with Crippen LogP contribution in [-0.2, 0) is 9.59 Å². The van der Waals surface area contributed by atoms with E-state index in [9.17, 15) is 9.59 Å². The highest BCUT2D eigenvalue weighted by atomic mass is 16.5. The molecule has 3 aromatic rings. The highest BCUT2D eigenvalue weighted by molar-refractivity contribution is 6.20. The van der Waals surface area contributed by atoms with Crippen LogP contribution in [0.3, 0.4) is 0 Å². The maximum absolute atomic E-state index is 12.5. The highest BCUT2D eigenvalue weighted by Gasteiger charge is 2.29. The van der Waals surface area contributed by atoms with Crippen molar-refractivity contribution in [3.63, 3.8) is 0 Å². The van der Waals surface area contributed by atoms with E-state index >= 15 is 0 Å². The summed E-state index contributed by atoms with van der Waals surface area (Å²) in [4.78, 5) is 25.0. The van der Waals surface area contributed by atoms with E-state index in [1.54, 1.807) is 18.2 Å². The molecule has 0 amide bonds. The predicted octanol–water partition coefficient (Wildman–Crippen LogP) is 2.90. The van der Waals surface area contributed by atoms with Crippen molar-refractivity contribution in [3.05, 3.63) is 99.9 Å². The molecule has 0 aliphatic carbocycles. The van der Waals surface area contributed by atoms with Crippen LogP contribution < -0.4 is 19.9 Å². The first-order chi connectivity index (χ1) is 14.1. The lowest BCUT2D eigenvalue weighted by Gasteiger charge is -2.01. The largest absolute Gasteiger partial charge is 0.422 e. The summed E-state index contributed by atoms with van der Waals surface area (Å²) in [6.45, 7) is 1.97. The van der Waals surface area contributed by atoms with Crippen LogP contribution in [0.5, 0.6) is 11.5 Å². The summed E-state index contributed by atoms with van der Waals surface area (Å²) in [5.41, 5.74) is 3.73. The second-order valence-corrected chi connectivity index (χ2v) is 7.03. The van der Waals surface area contributed by atoms with Crippen molar-refractivity contribution in [2.24, 2.45) is 0 Å². The van der Waals surface area contributed by atoms with Gasteiger partial charge in [-0.3, -0.25) is 0 Å². The molecule has 2 aliphatic rings. The molecule has 2 heterocycles. The first kappa shape index (κ1) is 17.2. The summed E-state index contributed by atoms with van der Waals surface area (Å²) < 4.78 is 11.0. The van der Waals surface area contributed by atoms with Gasteiger partial charge in [-0.1, -0.05) is 66.2 Å². The summed E-state index contributed by atoms with van der Waals surface area (Å²) in [6.07, 6.45) is 3.59. The smallest absolute Gasteiger partial charge is 0.344 e. The third kappa shape index (κ3) is 2.95. The number of ether oxygens (including phenoxy) is 2. The Morgan fingerprint density at radius 2 is 1.45 bits per heavy atom. The van der Waals surface area contributed by atoms with E-state index in [-0.39, 0.29) is 0 Å². The SMILES string of the molecule is Cc1cccc(C2=c3cc4c(cc3OC2=O)=C(C=Cc2ccccc2)C(=O)O4)c1. The zero-order valence-electron chi connectivity index (χ0n) is 15.6. The molecule has 4 nitrogen and oxygen atoms in total. The minimum Gasteiger partial charge on any atom is -0.422 e. The van der Waals surface area contributed by atoms with Crippen LogP contribution in [0.1, 0.15) is 16.7 Å². The van der Waals surface area contributed by atoms with Crippen LogP contribution in [0.15, 0.2) is 72.8 Å². The van der Waals surface area contributed by atoms with Crippen LogP contribution in [0.25, 0.3) is 17.2 Å². The van der Waals surface area contributed by atoms with Crippen LogP contribution >= 0.6 is 0 Å². The Hall–Kier alpha value is -3.92. The van der Waals surface area contributed by atoms with Crippen molar-refractivity contribution >= 4 is 29.2 Å². The lowest BCUT2D eigenvalue weighted by Crippen LogP contribution is -2.10. The molecule has 2 aliphatic heterocycles. The molecule has 0 saturated carbocycles. The fraction of sp³-hybridized carbons (Fsp3) is 0.0400. The van der Waals surface area contributed by atoms with E-state index in [1.165, 1.54) is 0 Å². The molecule has 0 radical (unpaired) electrons. The van der Waals surface area contributed by atoms with Crippen molar-refractivity contribution in [2.75, 3.05) is 0 Å². The number of carbonyl (C=O) groups is 2. The van der Waals surface area contributed by atoms with Crippen molar-refractivity contribution in [1.29, 1.82) is 0 Å².